The fourth-order valence-corrected chi connectivity index (χ4v) is 7.25. The van der Waals surface area contributed by atoms with Gasteiger partial charge in [0.05, 0.1) is 41.1 Å². The Kier molecular flexibility index (Phi) is 5.46. The number of fused-ring (bicyclic) bond motifs is 5. The van der Waals surface area contributed by atoms with Crippen LogP contribution in [0.4, 0.5) is 25.5 Å². The van der Waals surface area contributed by atoms with E-state index in [1.165, 1.54) is 6.07 Å². The highest BCUT2D eigenvalue weighted by Gasteiger charge is 2.63. The molecule has 1 aromatic heterocycles. The molecule has 4 aliphatic heterocycles. The number of benzene rings is 1. The number of carbonyl (C=O) groups is 4. The summed E-state index contributed by atoms with van der Waals surface area (Å²) in [4.78, 5) is 53.8. The Bertz CT molecular complexity index is 1550. The summed E-state index contributed by atoms with van der Waals surface area (Å²) in [6.45, 7) is 3.33. The first kappa shape index (κ1) is 25.5. The third kappa shape index (κ3) is 3.68. The number of hydrogen-bond donors (Lipinski definition) is 2. The zero-order valence-corrected chi connectivity index (χ0v) is 21.8. The van der Waals surface area contributed by atoms with Crippen LogP contribution < -0.4 is 20.4 Å². The molecule has 3 fully saturated rings. The molecule has 1 spiro atoms. The van der Waals surface area contributed by atoms with Gasteiger partial charge in [0, 0.05) is 19.2 Å². The molecule has 208 valence electrons. The first-order chi connectivity index (χ1) is 18.3. The number of imide groups is 2. The third-order valence-electron chi connectivity index (χ3n) is 7.63. The Labute approximate surface area is 220 Å². The normalized spacial score (nSPS) is 28.3. The number of cyclic esters (lactones) is 1. The van der Waals surface area contributed by atoms with Crippen molar-refractivity contribution in [2.45, 2.75) is 44.6 Å². The lowest BCUT2D eigenvalue weighted by molar-refractivity contribution is -0.153. The second-order valence-corrected chi connectivity index (χ2v) is 12.6. The zero-order valence-electron chi connectivity index (χ0n) is 21.0. The Balaban J connectivity index is 1.54. The molecule has 6 rings (SSSR count). The van der Waals surface area contributed by atoms with E-state index in [4.69, 9.17) is 14.0 Å². The number of carbonyl (C=O) groups excluding carboxylic acids is 4. The number of rotatable bonds is 3. The number of ether oxygens (including phenoxy) is 2. The van der Waals surface area contributed by atoms with Crippen molar-refractivity contribution in [3.05, 3.63) is 17.4 Å². The number of aromatic nitrogens is 1. The van der Waals surface area contributed by atoms with Crippen molar-refractivity contribution in [1.29, 1.82) is 0 Å². The molecule has 14 nitrogen and oxygen atoms in total. The summed E-state index contributed by atoms with van der Waals surface area (Å²) in [5, 5.41) is 8.23. The number of amides is 5. The van der Waals surface area contributed by atoms with Crippen molar-refractivity contribution >= 4 is 56.3 Å². The van der Waals surface area contributed by atoms with E-state index in [0.29, 0.717) is 0 Å². The first-order valence-electron chi connectivity index (χ1n) is 12.1. The molecular weight excluding hydrogens is 541 g/mol. The van der Waals surface area contributed by atoms with Crippen LogP contribution in [0.15, 0.2) is 10.6 Å². The largest absolute Gasteiger partial charge is 0.447 e. The second-order valence-electron chi connectivity index (χ2n) is 10.4. The molecule has 0 bridgehead atoms. The molecule has 0 radical (unpaired) electrons. The quantitative estimate of drug-likeness (QED) is 0.487. The van der Waals surface area contributed by atoms with Crippen LogP contribution in [0.1, 0.15) is 19.4 Å². The minimum Gasteiger partial charge on any atom is -0.447 e. The summed E-state index contributed by atoms with van der Waals surface area (Å²) in [5.74, 6) is -3.10. The Morgan fingerprint density at radius 2 is 1.87 bits per heavy atom. The van der Waals surface area contributed by atoms with Crippen LogP contribution in [-0.4, -0.2) is 87.0 Å². The molecule has 1 aromatic carbocycles. The molecule has 0 aliphatic carbocycles. The highest BCUT2D eigenvalue weighted by molar-refractivity contribution is 7.90. The van der Waals surface area contributed by atoms with Crippen molar-refractivity contribution in [1.82, 2.24) is 15.8 Å². The van der Waals surface area contributed by atoms with E-state index in [2.05, 4.69) is 15.8 Å². The molecule has 4 atom stereocenters. The van der Waals surface area contributed by atoms with Crippen molar-refractivity contribution < 1.29 is 46.0 Å². The Hall–Kier alpha value is -3.79. The van der Waals surface area contributed by atoms with Gasteiger partial charge in [0.1, 0.15) is 16.4 Å². The van der Waals surface area contributed by atoms with Crippen molar-refractivity contribution in [2.24, 2.45) is 5.41 Å². The fourth-order valence-electron chi connectivity index (χ4n) is 6.30. The smallest absolute Gasteiger partial charge is 0.416 e. The summed E-state index contributed by atoms with van der Waals surface area (Å²) in [6, 6.07) is -1.39. The van der Waals surface area contributed by atoms with Gasteiger partial charge in [-0.05, 0) is 25.5 Å². The van der Waals surface area contributed by atoms with Gasteiger partial charge in [-0.3, -0.25) is 25.1 Å². The van der Waals surface area contributed by atoms with E-state index in [1.807, 2.05) is 0 Å². The predicted octanol–water partition coefficient (Wildman–Crippen LogP) is 0.227. The Morgan fingerprint density at radius 3 is 2.54 bits per heavy atom. The summed E-state index contributed by atoms with van der Waals surface area (Å²) >= 11 is 0. The number of nitrogens with one attached hydrogen (secondary N) is 2. The fraction of sp³-hybridized carbons (Fsp3) is 0.522. The minimum atomic E-state index is -3.53. The third-order valence-corrected chi connectivity index (χ3v) is 8.62. The van der Waals surface area contributed by atoms with Crippen LogP contribution in [0.25, 0.3) is 11.0 Å². The van der Waals surface area contributed by atoms with Crippen LogP contribution in [0.3, 0.4) is 0 Å². The molecule has 3 saturated heterocycles. The topological polar surface area (TPSA) is 177 Å². The van der Waals surface area contributed by atoms with Crippen molar-refractivity contribution in [2.75, 3.05) is 35.0 Å². The zero-order chi connectivity index (χ0) is 28.0. The van der Waals surface area contributed by atoms with Gasteiger partial charge in [0.2, 0.25) is 17.4 Å². The number of nitrogens with zero attached hydrogens (tertiary/aromatic N) is 3. The van der Waals surface area contributed by atoms with Gasteiger partial charge in [-0.15, -0.1) is 0 Å². The maximum atomic E-state index is 16.3. The van der Waals surface area contributed by atoms with E-state index >= 15 is 4.39 Å². The van der Waals surface area contributed by atoms with Gasteiger partial charge in [0.25, 0.3) is 0 Å². The molecule has 16 heteroatoms. The minimum absolute atomic E-state index is 0.0271. The molecule has 1 unspecified atom stereocenters. The highest BCUT2D eigenvalue weighted by Crippen LogP contribution is 2.50. The molecular formula is C23H24FN5O9S. The highest BCUT2D eigenvalue weighted by atomic mass is 32.2. The molecule has 5 amide bonds. The van der Waals surface area contributed by atoms with Crippen molar-refractivity contribution in [3.63, 3.8) is 0 Å². The molecule has 4 aliphatic rings. The van der Waals surface area contributed by atoms with Gasteiger partial charge in [-0.1, -0.05) is 5.16 Å². The van der Waals surface area contributed by atoms with Crippen LogP contribution >= 0.6 is 0 Å². The standard InChI is InChI=1S/C23H24FN5O9S/c1-9-6-28-15-11(5-23(17(28)10(2)37-9)19(30)25-21(32)26-20(23)31)4-13-16(14(15)24)38-27-18(13)29-12(7-36-22(29)33)8-39(3,34)35/h4,9-10,12,17H,5-8H2,1-3H3,(H2,25,26,30,31,32)/t9-,10+,12-,17?/m1/s1. The summed E-state index contributed by atoms with van der Waals surface area (Å²) < 4.78 is 56.5. The van der Waals surface area contributed by atoms with Gasteiger partial charge in [0.15, 0.2) is 17.1 Å². The number of urea groups is 1. The lowest BCUT2D eigenvalue weighted by atomic mass is 9.66. The lowest BCUT2D eigenvalue weighted by Gasteiger charge is -2.55. The molecule has 0 saturated carbocycles. The number of hydrogen-bond acceptors (Lipinski definition) is 11. The molecule has 2 N–H and O–H groups in total. The van der Waals surface area contributed by atoms with E-state index in [9.17, 15) is 27.6 Å². The first-order valence-corrected chi connectivity index (χ1v) is 14.2. The summed E-state index contributed by atoms with van der Waals surface area (Å²) in [5.41, 5.74) is -1.83. The lowest BCUT2D eigenvalue weighted by Crippen LogP contribution is -2.75. The number of barbiturate groups is 1. The monoisotopic (exact) mass is 565 g/mol. The second kappa shape index (κ2) is 8.35. The molecule has 39 heavy (non-hydrogen) atoms. The van der Waals surface area contributed by atoms with Crippen LogP contribution in [0.2, 0.25) is 0 Å². The number of anilines is 2. The molecule has 2 aromatic rings. The average molecular weight is 566 g/mol. The predicted molar refractivity (Wildman–Crippen MR) is 130 cm³/mol. The van der Waals surface area contributed by atoms with E-state index < -0.39 is 75.1 Å². The van der Waals surface area contributed by atoms with Crippen molar-refractivity contribution in [3.8, 4) is 0 Å². The maximum Gasteiger partial charge on any atom is 0.416 e. The van der Waals surface area contributed by atoms with Gasteiger partial charge in [-0.2, -0.15) is 0 Å². The average Bonchev–Trinajstić information content (AvgIpc) is 3.38. The SMILES string of the molecule is C[C@@H]1CN2c3c(cc4c(N5C(=O)OC[C@@H]5CS(C)(=O)=O)noc4c3F)CC3(C(=O)NC(=O)NC3=O)C2[C@H](C)O1. The van der Waals surface area contributed by atoms with E-state index in [1.54, 1.807) is 18.7 Å². The summed E-state index contributed by atoms with van der Waals surface area (Å²) in [6.07, 6.45) is -1.27. The summed E-state index contributed by atoms with van der Waals surface area (Å²) in [7, 11) is -3.53. The van der Waals surface area contributed by atoms with Crippen LogP contribution in [-0.2, 0) is 35.3 Å². The number of halogens is 1. The molecule has 5 heterocycles. The van der Waals surface area contributed by atoms with Gasteiger partial charge in [-0.25, -0.2) is 22.4 Å². The number of sulfone groups is 1. The number of morpholine rings is 1. The Morgan fingerprint density at radius 1 is 1.18 bits per heavy atom. The van der Waals surface area contributed by atoms with Crippen LogP contribution in [0, 0.1) is 11.2 Å². The van der Waals surface area contributed by atoms with Gasteiger partial charge < -0.3 is 18.9 Å². The van der Waals surface area contributed by atoms with Crippen LogP contribution in [0.5, 0.6) is 0 Å². The van der Waals surface area contributed by atoms with E-state index in [0.717, 1.165) is 11.2 Å². The van der Waals surface area contributed by atoms with E-state index in [-0.39, 0.29) is 47.6 Å². The van der Waals surface area contributed by atoms with Gasteiger partial charge >= 0.3 is 12.1 Å². The maximum absolute atomic E-state index is 16.3.